The molecule has 0 N–H and O–H groups in total. The van der Waals surface area contributed by atoms with E-state index in [0.717, 1.165) is 5.69 Å². The van der Waals surface area contributed by atoms with Crippen molar-refractivity contribution in [1.29, 1.82) is 0 Å². The lowest BCUT2D eigenvalue weighted by Gasteiger charge is -2.25. The summed E-state index contributed by atoms with van der Waals surface area (Å²) < 4.78 is 4.98. The van der Waals surface area contributed by atoms with E-state index in [0.29, 0.717) is 0 Å². The van der Waals surface area contributed by atoms with Crippen molar-refractivity contribution in [2.75, 3.05) is 0 Å². The maximum atomic E-state index is 2.53. The zero-order chi connectivity index (χ0) is 35.3. The van der Waals surface area contributed by atoms with Gasteiger partial charge in [-0.1, -0.05) is 153 Å². The number of fused-ring (bicyclic) bond motifs is 9. The van der Waals surface area contributed by atoms with Gasteiger partial charge in [-0.25, -0.2) is 0 Å². The van der Waals surface area contributed by atoms with Crippen LogP contribution in [0.25, 0.3) is 88.4 Å². The average Bonchev–Trinajstić information content (AvgIpc) is 3.80. The van der Waals surface area contributed by atoms with Gasteiger partial charge in [0.2, 0.25) is 0 Å². The van der Waals surface area contributed by atoms with E-state index in [2.05, 4.69) is 205 Å². The Bertz CT molecular complexity index is 3050. The van der Waals surface area contributed by atoms with Crippen LogP contribution in [-0.4, -0.2) is 9.13 Å². The normalized spacial score (nSPS) is 13.2. The lowest BCUT2D eigenvalue weighted by molar-refractivity contribution is 0.656. The van der Waals surface area contributed by atoms with Gasteiger partial charge in [0, 0.05) is 32.6 Å². The lowest BCUT2D eigenvalue weighted by atomic mass is 9.81. The van der Waals surface area contributed by atoms with Gasteiger partial charge in [0.15, 0.2) is 0 Å². The fourth-order valence-corrected chi connectivity index (χ4v) is 9.26. The quantitative estimate of drug-likeness (QED) is 0.176. The first kappa shape index (κ1) is 30.0. The molecule has 1 aliphatic carbocycles. The highest BCUT2D eigenvalue weighted by Crippen LogP contribution is 2.52. The monoisotopic (exact) mass is 676 g/mol. The molecule has 2 heterocycles. The minimum absolute atomic E-state index is 0.136. The van der Waals surface area contributed by atoms with Crippen LogP contribution in [0, 0.1) is 0 Å². The number of nitrogens with zero attached hydrogens (tertiary/aromatic N) is 2. The summed E-state index contributed by atoms with van der Waals surface area (Å²) in [6.45, 7) is 4.76. The third kappa shape index (κ3) is 4.33. The van der Waals surface area contributed by atoms with Crippen LogP contribution in [-0.2, 0) is 5.41 Å². The van der Waals surface area contributed by atoms with Crippen molar-refractivity contribution in [3.05, 3.63) is 193 Å². The lowest BCUT2D eigenvalue weighted by Crippen LogP contribution is -2.18. The number of rotatable bonds is 4. The molecular weight excluding hydrogens is 641 g/mol. The van der Waals surface area contributed by atoms with Gasteiger partial charge in [-0.2, -0.15) is 0 Å². The molecule has 8 aromatic carbocycles. The van der Waals surface area contributed by atoms with Gasteiger partial charge in [-0.05, 0) is 87.0 Å². The maximum Gasteiger partial charge on any atom is 0.0562 e. The van der Waals surface area contributed by atoms with Crippen LogP contribution in [0.2, 0.25) is 0 Å². The van der Waals surface area contributed by atoms with Gasteiger partial charge in [-0.3, -0.25) is 0 Å². The Morgan fingerprint density at radius 3 is 1.55 bits per heavy atom. The van der Waals surface area contributed by atoms with Gasteiger partial charge < -0.3 is 9.13 Å². The summed E-state index contributed by atoms with van der Waals surface area (Å²) in [6, 6.07) is 67.0. The number of benzene rings is 8. The SMILES string of the molecule is CC1(C)c2ccccc2-c2cccc(-n3c4ccccc4c4cc5c6ccccc6n(-c6ccc(-c7ccc(-c8ccccc8)cc7)cc6)c5cc43)c21. The van der Waals surface area contributed by atoms with Crippen molar-refractivity contribution in [2.45, 2.75) is 19.3 Å². The molecule has 0 spiro atoms. The summed E-state index contributed by atoms with van der Waals surface area (Å²) in [6.07, 6.45) is 0. The molecule has 0 saturated heterocycles. The van der Waals surface area contributed by atoms with Crippen LogP contribution in [0.15, 0.2) is 182 Å². The summed E-state index contributed by atoms with van der Waals surface area (Å²) in [5, 5.41) is 5.08. The summed E-state index contributed by atoms with van der Waals surface area (Å²) in [5.74, 6) is 0. The molecule has 1 aliphatic rings. The van der Waals surface area contributed by atoms with E-state index in [1.54, 1.807) is 0 Å². The Hall–Kier alpha value is -6.64. The molecule has 0 atom stereocenters. The van der Waals surface area contributed by atoms with E-state index in [-0.39, 0.29) is 5.41 Å². The molecule has 0 unspecified atom stereocenters. The summed E-state index contributed by atoms with van der Waals surface area (Å²) in [7, 11) is 0. The predicted molar refractivity (Wildman–Crippen MR) is 224 cm³/mol. The number of hydrogen-bond donors (Lipinski definition) is 0. The second-order valence-electron chi connectivity index (χ2n) is 15.0. The molecule has 0 amide bonds. The molecule has 11 rings (SSSR count). The Kier molecular flexibility index (Phi) is 6.33. The topological polar surface area (TPSA) is 9.86 Å². The first-order valence-electron chi connectivity index (χ1n) is 18.5. The molecule has 0 fully saturated rings. The largest absolute Gasteiger partial charge is 0.309 e. The molecule has 2 heteroatoms. The third-order valence-corrected chi connectivity index (χ3v) is 11.7. The average molecular weight is 677 g/mol. The first-order valence-corrected chi connectivity index (χ1v) is 18.5. The number of para-hydroxylation sites is 2. The van der Waals surface area contributed by atoms with Crippen molar-refractivity contribution >= 4 is 43.6 Å². The van der Waals surface area contributed by atoms with Crippen LogP contribution in [0.3, 0.4) is 0 Å². The minimum Gasteiger partial charge on any atom is -0.309 e. The molecule has 53 heavy (non-hydrogen) atoms. The van der Waals surface area contributed by atoms with Gasteiger partial charge in [0.25, 0.3) is 0 Å². The van der Waals surface area contributed by atoms with Crippen LogP contribution in [0.4, 0.5) is 0 Å². The molecule has 0 aliphatic heterocycles. The summed E-state index contributed by atoms with van der Waals surface area (Å²) in [4.78, 5) is 0. The Balaban J connectivity index is 1.12. The second-order valence-corrected chi connectivity index (χ2v) is 15.0. The maximum absolute atomic E-state index is 2.53. The van der Waals surface area contributed by atoms with Crippen molar-refractivity contribution in [1.82, 2.24) is 9.13 Å². The highest BCUT2D eigenvalue weighted by molar-refractivity contribution is 6.19. The standard InChI is InChI=1S/C51H36N2/c1-51(2)44-19-9-6-15-38(44)41-18-12-22-47(50(41)51)53-46-21-11-8-17-40(46)43-31-42-39-16-7-10-20-45(39)52(48(42)32-49(43)53)37-29-27-36(28-30-37)35-25-23-34(24-26-35)33-13-4-3-5-14-33/h3-32H,1-2H3. The fourth-order valence-electron chi connectivity index (χ4n) is 9.26. The molecule has 0 radical (unpaired) electrons. The zero-order valence-corrected chi connectivity index (χ0v) is 29.7. The molecule has 2 nitrogen and oxygen atoms in total. The smallest absolute Gasteiger partial charge is 0.0562 e. The van der Waals surface area contributed by atoms with E-state index in [1.165, 1.54) is 93.8 Å². The predicted octanol–water partition coefficient (Wildman–Crippen LogP) is 13.5. The van der Waals surface area contributed by atoms with Gasteiger partial charge in [0.05, 0.1) is 27.8 Å². The van der Waals surface area contributed by atoms with E-state index in [9.17, 15) is 0 Å². The minimum atomic E-state index is -0.136. The molecule has 0 saturated carbocycles. The number of hydrogen-bond acceptors (Lipinski definition) is 0. The van der Waals surface area contributed by atoms with Gasteiger partial charge in [0.1, 0.15) is 0 Å². The Morgan fingerprint density at radius 1 is 0.358 bits per heavy atom. The van der Waals surface area contributed by atoms with Crippen molar-refractivity contribution in [3.63, 3.8) is 0 Å². The fraction of sp³-hybridized carbons (Fsp3) is 0.0588. The van der Waals surface area contributed by atoms with Crippen molar-refractivity contribution < 1.29 is 0 Å². The van der Waals surface area contributed by atoms with Crippen LogP contribution in [0.5, 0.6) is 0 Å². The van der Waals surface area contributed by atoms with Gasteiger partial charge in [-0.15, -0.1) is 0 Å². The van der Waals surface area contributed by atoms with Crippen molar-refractivity contribution in [3.8, 4) is 44.8 Å². The zero-order valence-electron chi connectivity index (χ0n) is 29.7. The Morgan fingerprint density at radius 2 is 0.868 bits per heavy atom. The van der Waals surface area contributed by atoms with Crippen LogP contribution >= 0.6 is 0 Å². The molecule has 2 aromatic heterocycles. The second kappa shape index (κ2) is 11.2. The highest BCUT2D eigenvalue weighted by atomic mass is 15.0. The van der Waals surface area contributed by atoms with Crippen molar-refractivity contribution in [2.24, 2.45) is 0 Å². The Labute approximate surface area is 308 Å². The molecule has 0 bridgehead atoms. The van der Waals surface area contributed by atoms with Crippen LogP contribution < -0.4 is 0 Å². The van der Waals surface area contributed by atoms with E-state index < -0.39 is 0 Å². The number of aromatic nitrogens is 2. The van der Waals surface area contributed by atoms with E-state index in [1.807, 2.05) is 0 Å². The summed E-state index contributed by atoms with van der Waals surface area (Å²) >= 11 is 0. The highest BCUT2D eigenvalue weighted by Gasteiger charge is 2.38. The van der Waals surface area contributed by atoms with E-state index >= 15 is 0 Å². The molecule has 10 aromatic rings. The third-order valence-electron chi connectivity index (χ3n) is 11.7. The molecular formula is C51H36N2. The van der Waals surface area contributed by atoms with E-state index in [4.69, 9.17) is 0 Å². The molecule has 250 valence electrons. The summed E-state index contributed by atoms with van der Waals surface area (Å²) in [5.41, 5.74) is 17.5. The first-order chi connectivity index (χ1) is 26.1. The van der Waals surface area contributed by atoms with Crippen LogP contribution in [0.1, 0.15) is 25.0 Å². The van der Waals surface area contributed by atoms with Gasteiger partial charge >= 0.3 is 0 Å².